The molecule has 19 heavy (non-hydrogen) atoms. The van der Waals surface area contributed by atoms with Crippen molar-refractivity contribution >= 4 is 17.3 Å². The van der Waals surface area contributed by atoms with Crippen molar-refractivity contribution in [3.05, 3.63) is 57.8 Å². The van der Waals surface area contributed by atoms with Crippen LogP contribution in [0.15, 0.2) is 41.1 Å². The average Bonchev–Trinajstić information content (AvgIpc) is 2.83. The van der Waals surface area contributed by atoms with E-state index >= 15 is 0 Å². The Hall–Kier alpha value is -1.65. The maximum absolute atomic E-state index is 10.9. The fourth-order valence-electron chi connectivity index (χ4n) is 2.09. The largest absolute Gasteiger partial charge is 0.481 e. The minimum atomic E-state index is -0.784. The van der Waals surface area contributed by atoms with Gasteiger partial charge >= 0.3 is 5.97 Å². The van der Waals surface area contributed by atoms with E-state index in [9.17, 15) is 4.79 Å². The van der Waals surface area contributed by atoms with E-state index in [4.69, 9.17) is 5.11 Å². The summed E-state index contributed by atoms with van der Waals surface area (Å²) < 4.78 is 0. The second kappa shape index (κ2) is 6.50. The van der Waals surface area contributed by atoms with Crippen LogP contribution in [-0.2, 0) is 24.3 Å². The van der Waals surface area contributed by atoms with Crippen molar-refractivity contribution in [1.29, 1.82) is 0 Å². The number of carbonyl (C=O) groups is 1. The highest BCUT2D eigenvalue weighted by molar-refractivity contribution is 7.07. The van der Waals surface area contributed by atoms with Crippen LogP contribution in [0.4, 0.5) is 0 Å². The number of rotatable bonds is 6. The first-order valence-corrected chi connectivity index (χ1v) is 7.07. The molecule has 100 valence electrons. The van der Waals surface area contributed by atoms with Crippen LogP contribution in [0.2, 0.25) is 0 Å². The fourth-order valence-corrected chi connectivity index (χ4v) is 2.75. The lowest BCUT2D eigenvalue weighted by molar-refractivity contribution is -0.136. The molecule has 0 saturated heterocycles. The van der Waals surface area contributed by atoms with Gasteiger partial charge in [-0.25, -0.2) is 0 Å². The normalized spacial score (nSPS) is 10.8. The highest BCUT2D eigenvalue weighted by Crippen LogP contribution is 2.14. The van der Waals surface area contributed by atoms with Gasteiger partial charge in [0.25, 0.3) is 0 Å². The summed E-state index contributed by atoms with van der Waals surface area (Å²) >= 11 is 1.70. The molecule has 0 unspecified atom stereocenters. The zero-order valence-corrected chi connectivity index (χ0v) is 11.7. The molecule has 1 aromatic heterocycles. The lowest BCUT2D eigenvalue weighted by Crippen LogP contribution is -2.18. The molecule has 0 fully saturated rings. The Morgan fingerprint density at radius 3 is 2.58 bits per heavy atom. The van der Waals surface area contributed by atoms with Gasteiger partial charge in [-0.2, -0.15) is 11.3 Å². The molecule has 0 radical (unpaired) electrons. The molecule has 0 atom stereocenters. The van der Waals surface area contributed by atoms with Crippen LogP contribution in [0.1, 0.15) is 16.7 Å². The summed E-state index contributed by atoms with van der Waals surface area (Å²) in [5, 5.41) is 13.1. The van der Waals surface area contributed by atoms with Crippen molar-refractivity contribution in [3.63, 3.8) is 0 Å². The van der Waals surface area contributed by atoms with Crippen molar-refractivity contribution in [2.75, 3.05) is 7.05 Å². The summed E-state index contributed by atoms with van der Waals surface area (Å²) in [6.45, 7) is 1.64. The van der Waals surface area contributed by atoms with Gasteiger partial charge in [0.15, 0.2) is 0 Å². The maximum Gasteiger partial charge on any atom is 0.307 e. The molecule has 1 aromatic carbocycles. The molecule has 0 spiro atoms. The predicted molar refractivity (Wildman–Crippen MR) is 77.3 cm³/mol. The molecular formula is C15H17NO2S. The zero-order valence-electron chi connectivity index (χ0n) is 10.9. The molecule has 3 nitrogen and oxygen atoms in total. The first-order valence-electron chi connectivity index (χ1n) is 6.13. The minimum Gasteiger partial charge on any atom is -0.481 e. The third kappa shape index (κ3) is 4.19. The Morgan fingerprint density at radius 1 is 1.21 bits per heavy atom. The molecule has 0 aliphatic heterocycles. The Kier molecular flexibility index (Phi) is 4.71. The molecule has 0 aliphatic rings. The number of hydrogen-bond donors (Lipinski definition) is 1. The van der Waals surface area contributed by atoms with Crippen LogP contribution in [0.25, 0.3) is 0 Å². The van der Waals surface area contributed by atoms with Gasteiger partial charge in [-0.1, -0.05) is 24.3 Å². The summed E-state index contributed by atoms with van der Waals surface area (Å²) in [6, 6.07) is 9.86. The summed E-state index contributed by atoms with van der Waals surface area (Å²) in [6.07, 6.45) is 0.0858. The third-order valence-electron chi connectivity index (χ3n) is 2.93. The molecular weight excluding hydrogens is 258 g/mol. The van der Waals surface area contributed by atoms with Crippen LogP contribution >= 0.6 is 11.3 Å². The Labute approximate surface area is 117 Å². The van der Waals surface area contributed by atoms with E-state index in [0.29, 0.717) is 0 Å². The summed E-state index contributed by atoms with van der Waals surface area (Å²) in [5.41, 5.74) is 3.28. The summed E-state index contributed by atoms with van der Waals surface area (Å²) in [5.74, 6) is -0.784. The van der Waals surface area contributed by atoms with Crippen LogP contribution in [0.5, 0.6) is 0 Å². The average molecular weight is 275 g/mol. The van der Waals surface area contributed by atoms with Gasteiger partial charge in [0.1, 0.15) is 0 Å². The molecule has 0 aliphatic carbocycles. The molecule has 0 amide bonds. The van der Waals surface area contributed by atoms with Gasteiger partial charge in [-0.3, -0.25) is 9.69 Å². The van der Waals surface area contributed by atoms with Crippen molar-refractivity contribution in [2.24, 2.45) is 0 Å². The first kappa shape index (κ1) is 13.8. The third-order valence-corrected chi connectivity index (χ3v) is 3.66. The molecule has 1 N–H and O–H groups in total. The number of benzene rings is 1. The van der Waals surface area contributed by atoms with Crippen LogP contribution in [0.3, 0.4) is 0 Å². The number of aliphatic carboxylic acids is 1. The highest BCUT2D eigenvalue weighted by atomic mass is 32.1. The van der Waals surface area contributed by atoms with E-state index in [1.165, 1.54) is 5.56 Å². The number of thiophene rings is 1. The molecule has 0 bridgehead atoms. The summed E-state index contributed by atoms with van der Waals surface area (Å²) in [4.78, 5) is 13.0. The van der Waals surface area contributed by atoms with Crippen molar-refractivity contribution < 1.29 is 9.90 Å². The van der Waals surface area contributed by atoms with Gasteiger partial charge in [-0.15, -0.1) is 0 Å². The first-order chi connectivity index (χ1) is 9.15. The molecule has 2 rings (SSSR count). The lowest BCUT2D eigenvalue weighted by Gasteiger charge is -2.18. The standard InChI is InChI=1S/C15H17NO2S/c1-16(9-12-6-7-19-11-12)10-14-5-3-2-4-13(14)8-15(17)18/h2-7,11H,8-10H2,1H3,(H,17,18). The van der Waals surface area contributed by atoms with E-state index in [1.807, 2.05) is 24.3 Å². The molecule has 1 heterocycles. The number of carboxylic acid groups (broad SMARTS) is 1. The quantitative estimate of drug-likeness (QED) is 0.881. The van der Waals surface area contributed by atoms with E-state index in [0.717, 1.165) is 24.2 Å². The van der Waals surface area contributed by atoms with Gasteiger partial charge in [-0.05, 0) is 40.6 Å². The predicted octanol–water partition coefficient (Wildman–Crippen LogP) is 3.01. The topological polar surface area (TPSA) is 40.5 Å². The summed E-state index contributed by atoms with van der Waals surface area (Å²) in [7, 11) is 2.05. The maximum atomic E-state index is 10.9. The smallest absolute Gasteiger partial charge is 0.307 e. The zero-order chi connectivity index (χ0) is 13.7. The lowest BCUT2D eigenvalue weighted by atomic mass is 10.0. The van der Waals surface area contributed by atoms with Crippen LogP contribution < -0.4 is 0 Å². The van der Waals surface area contributed by atoms with E-state index < -0.39 is 5.97 Å². The van der Waals surface area contributed by atoms with Gasteiger partial charge in [0.2, 0.25) is 0 Å². The minimum absolute atomic E-state index is 0.0858. The second-order valence-corrected chi connectivity index (χ2v) is 5.42. The van der Waals surface area contributed by atoms with Gasteiger partial charge in [0, 0.05) is 13.1 Å². The SMILES string of the molecule is CN(Cc1ccsc1)Cc1ccccc1CC(=O)O. The highest BCUT2D eigenvalue weighted by Gasteiger charge is 2.08. The van der Waals surface area contributed by atoms with Crippen LogP contribution in [0, 0.1) is 0 Å². The van der Waals surface area contributed by atoms with E-state index in [1.54, 1.807) is 11.3 Å². The monoisotopic (exact) mass is 275 g/mol. The Bertz CT molecular complexity index is 537. The van der Waals surface area contributed by atoms with Crippen molar-refractivity contribution in [2.45, 2.75) is 19.5 Å². The molecule has 2 aromatic rings. The fraction of sp³-hybridized carbons (Fsp3) is 0.267. The van der Waals surface area contributed by atoms with E-state index in [2.05, 4.69) is 28.8 Å². The molecule has 4 heteroatoms. The Balaban J connectivity index is 2.03. The van der Waals surface area contributed by atoms with E-state index in [-0.39, 0.29) is 6.42 Å². The van der Waals surface area contributed by atoms with Crippen molar-refractivity contribution in [3.8, 4) is 0 Å². The second-order valence-electron chi connectivity index (χ2n) is 4.64. The van der Waals surface area contributed by atoms with Gasteiger partial charge < -0.3 is 5.11 Å². The number of carboxylic acids is 1. The van der Waals surface area contributed by atoms with Crippen molar-refractivity contribution in [1.82, 2.24) is 4.90 Å². The number of nitrogens with zero attached hydrogens (tertiary/aromatic N) is 1. The molecule has 0 saturated carbocycles. The Morgan fingerprint density at radius 2 is 1.95 bits per heavy atom. The van der Waals surface area contributed by atoms with Crippen LogP contribution in [-0.4, -0.2) is 23.0 Å². The number of hydrogen-bond acceptors (Lipinski definition) is 3. The van der Waals surface area contributed by atoms with Gasteiger partial charge in [0.05, 0.1) is 6.42 Å².